The molecule has 2 aromatic rings. The van der Waals surface area contributed by atoms with Gasteiger partial charge in [0.05, 0.1) is 5.69 Å². The second-order valence-corrected chi connectivity index (χ2v) is 4.47. The number of nitrogen functional groups attached to an aromatic ring is 1. The van der Waals surface area contributed by atoms with Gasteiger partial charge in [-0.3, -0.25) is 0 Å². The zero-order valence-corrected chi connectivity index (χ0v) is 9.53. The molecule has 0 saturated heterocycles. The highest BCUT2D eigenvalue weighted by atomic mass is 19.1. The Morgan fingerprint density at radius 2 is 2.18 bits per heavy atom. The van der Waals surface area contributed by atoms with Crippen LogP contribution in [0.15, 0.2) is 22.6 Å². The Morgan fingerprint density at radius 1 is 1.41 bits per heavy atom. The molecule has 2 N–H and O–H groups in total. The van der Waals surface area contributed by atoms with E-state index in [9.17, 15) is 4.39 Å². The summed E-state index contributed by atoms with van der Waals surface area (Å²) in [5.74, 6) is 1.62. The van der Waals surface area contributed by atoms with Crippen LogP contribution in [0, 0.1) is 12.7 Å². The summed E-state index contributed by atoms with van der Waals surface area (Å²) in [5.41, 5.74) is 7.26. The average molecular weight is 232 g/mol. The average Bonchev–Trinajstić information content (AvgIpc) is 3.07. The fraction of sp³-hybridized carbons (Fsp3) is 0.308. The number of nitrogens with zero attached hydrogens (tertiary/aromatic N) is 1. The number of halogens is 1. The first kappa shape index (κ1) is 10.3. The predicted molar refractivity (Wildman–Crippen MR) is 63.0 cm³/mol. The van der Waals surface area contributed by atoms with Gasteiger partial charge in [0, 0.05) is 11.5 Å². The van der Waals surface area contributed by atoms with E-state index >= 15 is 0 Å². The molecular weight excluding hydrogens is 219 g/mol. The summed E-state index contributed by atoms with van der Waals surface area (Å²) < 4.78 is 18.7. The van der Waals surface area contributed by atoms with Crippen LogP contribution in [0.3, 0.4) is 0 Å². The first-order valence-electron chi connectivity index (χ1n) is 5.68. The molecule has 17 heavy (non-hydrogen) atoms. The third kappa shape index (κ3) is 1.79. The molecule has 1 fully saturated rings. The molecule has 1 aliphatic carbocycles. The Balaban J connectivity index is 2.04. The van der Waals surface area contributed by atoms with Crippen molar-refractivity contribution in [3.8, 4) is 11.3 Å². The summed E-state index contributed by atoms with van der Waals surface area (Å²) in [7, 11) is 0. The van der Waals surface area contributed by atoms with Crippen LogP contribution in [0.1, 0.15) is 30.4 Å². The lowest BCUT2D eigenvalue weighted by molar-refractivity contribution is 0.473. The molecule has 1 aliphatic rings. The molecule has 1 heterocycles. The van der Waals surface area contributed by atoms with Crippen molar-refractivity contribution in [2.75, 3.05) is 5.73 Å². The zero-order valence-electron chi connectivity index (χ0n) is 9.53. The molecule has 4 heteroatoms. The van der Waals surface area contributed by atoms with Crippen molar-refractivity contribution in [2.45, 2.75) is 25.7 Å². The minimum atomic E-state index is -0.405. The van der Waals surface area contributed by atoms with E-state index in [4.69, 9.17) is 10.2 Å². The standard InChI is InChI=1S/C13H13FN2O/c1-7-12(16-13(17-7)8-2-3-8)9-4-5-10(14)11(15)6-9/h4-6,8H,2-3,15H2,1H3. The summed E-state index contributed by atoms with van der Waals surface area (Å²) in [6.45, 7) is 1.87. The Kier molecular flexibility index (Phi) is 2.18. The number of oxazole rings is 1. The third-order valence-electron chi connectivity index (χ3n) is 3.01. The van der Waals surface area contributed by atoms with E-state index in [1.165, 1.54) is 6.07 Å². The number of aromatic nitrogens is 1. The van der Waals surface area contributed by atoms with Crippen LogP contribution >= 0.6 is 0 Å². The summed E-state index contributed by atoms with van der Waals surface area (Å²) in [6, 6.07) is 4.62. The molecule has 3 rings (SSSR count). The van der Waals surface area contributed by atoms with E-state index in [0.29, 0.717) is 5.92 Å². The maximum absolute atomic E-state index is 13.1. The van der Waals surface area contributed by atoms with E-state index in [1.54, 1.807) is 12.1 Å². The van der Waals surface area contributed by atoms with Crippen molar-refractivity contribution in [1.82, 2.24) is 4.98 Å². The number of hydrogen-bond donors (Lipinski definition) is 1. The van der Waals surface area contributed by atoms with E-state index < -0.39 is 5.82 Å². The first-order chi connectivity index (χ1) is 8.15. The monoisotopic (exact) mass is 232 g/mol. The van der Waals surface area contributed by atoms with E-state index in [-0.39, 0.29) is 5.69 Å². The van der Waals surface area contributed by atoms with Crippen molar-refractivity contribution in [3.63, 3.8) is 0 Å². The second kappa shape index (κ2) is 3.58. The summed E-state index contributed by atoms with van der Waals surface area (Å²) >= 11 is 0. The molecule has 1 saturated carbocycles. The highest BCUT2D eigenvalue weighted by Crippen LogP contribution is 2.41. The normalized spacial score (nSPS) is 15.2. The topological polar surface area (TPSA) is 52.0 Å². The van der Waals surface area contributed by atoms with Gasteiger partial charge in [0.15, 0.2) is 5.89 Å². The number of rotatable bonds is 2. The number of benzene rings is 1. The molecule has 0 aliphatic heterocycles. The molecule has 1 aromatic carbocycles. The minimum Gasteiger partial charge on any atom is -0.445 e. The Morgan fingerprint density at radius 3 is 2.82 bits per heavy atom. The van der Waals surface area contributed by atoms with Gasteiger partial charge in [-0.25, -0.2) is 9.37 Å². The molecule has 1 aromatic heterocycles. The van der Waals surface area contributed by atoms with Gasteiger partial charge < -0.3 is 10.2 Å². The Bertz CT molecular complexity index is 573. The molecule has 0 radical (unpaired) electrons. The summed E-state index contributed by atoms with van der Waals surface area (Å²) in [4.78, 5) is 4.47. The lowest BCUT2D eigenvalue weighted by Crippen LogP contribution is -1.91. The number of hydrogen-bond acceptors (Lipinski definition) is 3. The van der Waals surface area contributed by atoms with Crippen LogP contribution in [0.4, 0.5) is 10.1 Å². The van der Waals surface area contributed by atoms with Gasteiger partial charge in [-0.1, -0.05) is 0 Å². The van der Waals surface area contributed by atoms with E-state index in [1.807, 2.05) is 6.92 Å². The van der Waals surface area contributed by atoms with Crippen LogP contribution in [-0.2, 0) is 0 Å². The van der Waals surface area contributed by atoms with Crippen molar-refractivity contribution in [1.29, 1.82) is 0 Å². The van der Waals surface area contributed by atoms with Gasteiger partial charge in [-0.2, -0.15) is 0 Å². The number of nitrogens with two attached hydrogens (primary N) is 1. The first-order valence-corrected chi connectivity index (χ1v) is 5.68. The highest BCUT2D eigenvalue weighted by molar-refractivity contribution is 5.65. The fourth-order valence-corrected chi connectivity index (χ4v) is 1.88. The van der Waals surface area contributed by atoms with Gasteiger partial charge >= 0.3 is 0 Å². The maximum Gasteiger partial charge on any atom is 0.198 e. The van der Waals surface area contributed by atoms with Crippen molar-refractivity contribution >= 4 is 5.69 Å². The third-order valence-corrected chi connectivity index (χ3v) is 3.01. The van der Waals surface area contributed by atoms with Gasteiger partial charge in [0.25, 0.3) is 0 Å². The van der Waals surface area contributed by atoms with Crippen LogP contribution in [-0.4, -0.2) is 4.98 Å². The molecule has 0 bridgehead atoms. The number of anilines is 1. The zero-order chi connectivity index (χ0) is 12.0. The van der Waals surface area contributed by atoms with Gasteiger partial charge in [-0.05, 0) is 38.0 Å². The fourth-order valence-electron chi connectivity index (χ4n) is 1.88. The van der Waals surface area contributed by atoms with Gasteiger partial charge in [0.2, 0.25) is 0 Å². The maximum atomic E-state index is 13.1. The molecule has 3 nitrogen and oxygen atoms in total. The SMILES string of the molecule is Cc1oc(C2CC2)nc1-c1ccc(F)c(N)c1. The molecule has 0 spiro atoms. The molecular formula is C13H13FN2O. The lowest BCUT2D eigenvalue weighted by atomic mass is 10.1. The van der Waals surface area contributed by atoms with E-state index in [2.05, 4.69) is 4.98 Å². The van der Waals surface area contributed by atoms with Gasteiger partial charge in [-0.15, -0.1) is 0 Å². The predicted octanol–water partition coefficient (Wildman–Crippen LogP) is 3.25. The van der Waals surface area contributed by atoms with Crippen LogP contribution < -0.4 is 5.73 Å². The molecule has 0 amide bonds. The van der Waals surface area contributed by atoms with E-state index in [0.717, 1.165) is 35.7 Å². The van der Waals surface area contributed by atoms with Crippen LogP contribution in [0.5, 0.6) is 0 Å². The summed E-state index contributed by atoms with van der Waals surface area (Å²) in [5, 5.41) is 0. The summed E-state index contributed by atoms with van der Waals surface area (Å²) in [6.07, 6.45) is 2.29. The molecule has 0 unspecified atom stereocenters. The largest absolute Gasteiger partial charge is 0.445 e. The van der Waals surface area contributed by atoms with Crippen molar-refractivity contribution in [3.05, 3.63) is 35.7 Å². The number of aryl methyl sites for hydroxylation is 1. The van der Waals surface area contributed by atoms with Crippen molar-refractivity contribution in [2.24, 2.45) is 0 Å². The van der Waals surface area contributed by atoms with Crippen molar-refractivity contribution < 1.29 is 8.81 Å². The van der Waals surface area contributed by atoms with Crippen LogP contribution in [0.25, 0.3) is 11.3 Å². The second-order valence-electron chi connectivity index (χ2n) is 4.47. The molecule has 88 valence electrons. The Hall–Kier alpha value is -1.84. The molecule has 0 atom stereocenters. The minimum absolute atomic E-state index is 0.137. The quantitative estimate of drug-likeness (QED) is 0.808. The van der Waals surface area contributed by atoms with Gasteiger partial charge in [0.1, 0.15) is 17.3 Å². The Labute approximate surface area is 98.5 Å². The smallest absolute Gasteiger partial charge is 0.198 e. The lowest BCUT2D eigenvalue weighted by Gasteiger charge is -2.00. The van der Waals surface area contributed by atoms with Crippen LogP contribution in [0.2, 0.25) is 0 Å². The highest BCUT2D eigenvalue weighted by Gasteiger charge is 2.29.